The minimum atomic E-state index is -4.10. The van der Waals surface area contributed by atoms with Gasteiger partial charge < -0.3 is 4.74 Å². The van der Waals surface area contributed by atoms with Gasteiger partial charge in [-0.05, 0) is 25.7 Å². The summed E-state index contributed by atoms with van der Waals surface area (Å²) < 4.78 is 41.3. The lowest BCUT2D eigenvalue weighted by Gasteiger charge is -2.27. The molecule has 0 aliphatic heterocycles. The summed E-state index contributed by atoms with van der Waals surface area (Å²) in [5.74, 6) is 2.96. The fourth-order valence-electron chi connectivity index (χ4n) is 1.78. The summed E-state index contributed by atoms with van der Waals surface area (Å²) in [6.07, 6.45) is -3.10. The number of rotatable bonds is 0. The molecule has 0 amide bonds. The number of carbonyl (C=O) groups excluding carboxylic acids is 1. The molecule has 0 atom stereocenters. The second-order valence-electron chi connectivity index (χ2n) is 3.85. The van der Waals surface area contributed by atoms with Gasteiger partial charge in [0.2, 0.25) is 0 Å². The molecule has 0 aromatic heterocycles. The third-order valence-electron chi connectivity index (χ3n) is 2.75. The van der Waals surface area contributed by atoms with Gasteiger partial charge in [0.15, 0.2) is 0 Å². The number of carbonyl (C=O) groups is 1. The van der Waals surface area contributed by atoms with Crippen LogP contribution < -0.4 is 0 Å². The molecule has 1 aliphatic rings. The van der Waals surface area contributed by atoms with Gasteiger partial charge in [-0.15, -0.1) is 0 Å². The first-order valence-corrected chi connectivity index (χ1v) is 5.09. The fraction of sp³-hybridized carbons (Fsp3) is 0.727. The van der Waals surface area contributed by atoms with Crippen LogP contribution in [0.4, 0.5) is 13.2 Å². The lowest BCUT2D eigenvalue weighted by Crippen LogP contribution is -2.27. The van der Waals surface area contributed by atoms with E-state index in [2.05, 4.69) is 16.6 Å². The molecule has 1 saturated carbocycles. The van der Waals surface area contributed by atoms with E-state index in [0.29, 0.717) is 12.8 Å². The van der Waals surface area contributed by atoms with Crippen LogP contribution in [0.3, 0.4) is 0 Å². The van der Waals surface area contributed by atoms with Crippen LogP contribution in [0.5, 0.6) is 0 Å². The number of esters is 1. The SMILES string of the molecule is COC(=O)C#CC1CCC(C(F)(F)F)CC1. The molecule has 0 heterocycles. The first kappa shape index (κ1) is 12.9. The minimum absolute atomic E-state index is 0.101. The third-order valence-corrected chi connectivity index (χ3v) is 2.75. The Morgan fingerprint density at radius 2 is 1.81 bits per heavy atom. The van der Waals surface area contributed by atoms with E-state index in [4.69, 9.17) is 0 Å². The molecular formula is C11H13F3O2. The molecule has 0 saturated heterocycles. The highest BCUT2D eigenvalue weighted by Gasteiger charge is 2.41. The zero-order valence-corrected chi connectivity index (χ0v) is 8.93. The Morgan fingerprint density at radius 3 is 2.25 bits per heavy atom. The standard InChI is InChI=1S/C11H13F3O2/c1-16-10(15)7-4-8-2-5-9(6-3-8)11(12,13)14/h8-9H,2-3,5-6H2,1H3. The molecule has 90 valence electrons. The summed E-state index contributed by atoms with van der Waals surface area (Å²) >= 11 is 0. The van der Waals surface area contributed by atoms with E-state index in [-0.39, 0.29) is 18.8 Å². The fourth-order valence-corrected chi connectivity index (χ4v) is 1.78. The van der Waals surface area contributed by atoms with E-state index in [9.17, 15) is 18.0 Å². The van der Waals surface area contributed by atoms with Crippen LogP contribution in [0.15, 0.2) is 0 Å². The van der Waals surface area contributed by atoms with Gasteiger partial charge in [-0.2, -0.15) is 13.2 Å². The van der Waals surface area contributed by atoms with Gasteiger partial charge in [0.25, 0.3) is 0 Å². The molecule has 0 aromatic rings. The lowest BCUT2D eigenvalue weighted by molar-refractivity contribution is -0.183. The molecule has 0 aromatic carbocycles. The Balaban J connectivity index is 2.43. The maximum atomic E-state index is 12.3. The van der Waals surface area contributed by atoms with Crippen LogP contribution in [0.2, 0.25) is 0 Å². The smallest absolute Gasteiger partial charge is 0.391 e. The molecule has 16 heavy (non-hydrogen) atoms. The van der Waals surface area contributed by atoms with Crippen molar-refractivity contribution in [3.05, 3.63) is 0 Å². The number of alkyl halides is 3. The first-order chi connectivity index (χ1) is 7.43. The first-order valence-electron chi connectivity index (χ1n) is 5.09. The van der Waals surface area contributed by atoms with Crippen molar-refractivity contribution in [2.75, 3.05) is 7.11 Å². The molecule has 0 N–H and O–H groups in total. The molecular weight excluding hydrogens is 221 g/mol. The Hall–Kier alpha value is -1.18. The average Bonchev–Trinajstić information content (AvgIpc) is 2.25. The summed E-state index contributed by atoms with van der Waals surface area (Å²) in [6.45, 7) is 0. The Kier molecular flexibility index (Phi) is 4.22. The summed E-state index contributed by atoms with van der Waals surface area (Å²) in [5, 5.41) is 0. The molecule has 5 heteroatoms. The second kappa shape index (κ2) is 5.24. The monoisotopic (exact) mass is 234 g/mol. The van der Waals surface area contributed by atoms with Crippen molar-refractivity contribution in [1.29, 1.82) is 0 Å². The number of halogens is 3. The highest BCUT2D eigenvalue weighted by atomic mass is 19.4. The predicted molar refractivity (Wildman–Crippen MR) is 51.3 cm³/mol. The zero-order valence-electron chi connectivity index (χ0n) is 8.93. The molecule has 2 nitrogen and oxygen atoms in total. The van der Waals surface area contributed by atoms with Crippen molar-refractivity contribution in [3.8, 4) is 11.8 Å². The van der Waals surface area contributed by atoms with E-state index in [0.717, 1.165) is 0 Å². The van der Waals surface area contributed by atoms with Crippen LogP contribution in [-0.2, 0) is 9.53 Å². The van der Waals surface area contributed by atoms with Crippen molar-refractivity contribution < 1.29 is 22.7 Å². The molecule has 0 spiro atoms. The van der Waals surface area contributed by atoms with Gasteiger partial charge in [0.1, 0.15) is 0 Å². The zero-order chi connectivity index (χ0) is 12.2. The van der Waals surface area contributed by atoms with Gasteiger partial charge >= 0.3 is 12.1 Å². The van der Waals surface area contributed by atoms with Gasteiger partial charge in [0, 0.05) is 11.8 Å². The Bertz CT molecular complexity index is 303. The summed E-state index contributed by atoms with van der Waals surface area (Å²) in [7, 11) is 1.22. The summed E-state index contributed by atoms with van der Waals surface area (Å²) in [6, 6.07) is 0. The van der Waals surface area contributed by atoms with Gasteiger partial charge in [-0.3, -0.25) is 0 Å². The Morgan fingerprint density at radius 1 is 1.25 bits per heavy atom. The van der Waals surface area contributed by atoms with Gasteiger partial charge in [0.05, 0.1) is 13.0 Å². The molecule has 1 aliphatic carbocycles. The van der Waals surface area contributed by atoms with E-state index in [1.165, 1.54) is 7.11 Å². The van der Waals surface area contributed by atoms with Crippen molar-refractivity contribution in [1.82, 2.24) is 0 Å². The van der Waals surface area contributed by atoms with Crippen molar-refractivity contribution >= 4 is 5.97 Å². The van der Waals surface area contributed by atoms with Crippen LogP contribution in [0, 0.1) is 23.7 Å². The highest BCUT2D eigenvalue weighted by molar-refractivity contribution is 5.88. The van der Waals surface area contributed by atoms with Crippen LogP contribution in [-0.4, -0.2) is 19.3 Å². The molecule has 0 radical (unpaired) electrons. The van der Waals surface area contributed by atoms with E-state index >= 15 is 0 Å². The maximum Gasteiger partial charge on any atom is 0.391 e. The number of hydrogen-bond acceptors (Lipinski definition) is 2. The van der Waals surface area contributed by atoms with Crippen LogP contribution >= 0.6 is 0 Å². The second-order valence-corrected chi connectivity index (χ2v) is 3.85. The van der Waals surface area contributed by atoms with Crippen molar-refractivity contribution in [2.45, 2.75) is 31.9 Å². The van der Waals surface area contributed by atoms with Crippen molar-refractivity contribution in [2.24, 2.45) is 11.8 Å². The topological polar surface area (TPSA) is 26.3 Å². The average molecular weight is 234 g/mol. The van der Waals surface area contributed by atoms with Gasteiger partial charge in [-0.1, -0.05) is 5.92 Å². The lowest BCUT2D eigenvalue weighted by atomic mass is 9.82. The van der Waals surface area contributed by atoms with Crippen LogP contribution in [0.1, 0.15) is 25.7 Å². The number of hydrogen-bond donors (Lipinski definition) is 0. The number of methoxy groups -OCH3 is 1. The van der Waals surface area contributed by atoms with Crippen LogP contribution in [0.25, 0.3) is 0 Å². The molecule has 0 bridgehead atoms. The van der Waals surface area contributed by atoms with Crippen molar-refractivity contribution in [3.63, 3.8) is 0 Å². The summed E-state index contributed by atoms with van der Waals surface area (Å²) in [5.41, 5.74) is 0. The van der Waals surface area contributed by atoms with E-state index < -0.39 is 18.1 Å². The third kappa shape index (κ3) is 3.76. The normalized spacial score (nSPS) is 25.5. The largest absolute Gasteiger partial charge is 0.459 e. The Labute approximate surface area is 92.2 Å². The quantitative estimate of drug-likeness (QED) is 0.366. The maximum absolute atomic E-state index is 12.3. The minimum Gasteiger partial charge on any atom is -0.459 e. The van der Waals surface area contributed by atoms with Gasteiger partial charge in [-0.25, -0.2) is 4.79 Å². The molecule has 1 rings (SSSR count). The molecule has 1 fully saturated rings. The van der Waals surface area contributed by atoms with E-state index in [1.54, 1.807) is 0 Å². The summed E-state index contributed by atoms with van der Waals surface area (Å²) in [4.78, 5) is 10.7. The van der Waals surface area contributed by atoms with E-state index in [1.807, 2.05) is 0 Å². The molecule has 0 unspecified atom stereocenters. The number of ether oxygens (including phenoxy) is 1. The highest BCUT2D eigenvalue weighted by Crippen LogP contribution is 2.39. The predicted octanol–water partition coefficient (Wildman–Crippen LogP) is 2.53.